The SMILES string of the molecule is COc1cc(N)ccc1Cc1cccc(Cl)c1F. The molecule has 18 heavy (non-hydrogen) atoms. The molecule has 2 rings (SSSR count). The van der Waals surface area contributed by atoms with Gasteiger partial charge in [0.2, 0.25) is 0 Å². The van der Waals surface area contributed by atoms with Gasteiger partial charge in [0.25, 0.3) is 0 Å². The van der Waals surface area contributed by atoms with Gasteiger partial charge in [0.15, 0.2) is 0 Å². The monoisotopic (exact) mass is 265 g/mol. The molecular formula is C14H13ClFNO. The van der Waals surface area contributed by atoms with Crippen molar-refractivity contribution in [3.63, 3.8) is 0 Å². The molecule has 0 amide bonds. The van der Waals surface area contributed by atoms with E-state index in [4.69, 9.17) is 22.1 Å². The summed E-state index contributed by atoms with van der Waals surface area (Å²) in [7, 11) is 1.56. The number of nitrogen functional groups attached to an aromatic ring is 1. The van der Waals surface area contributed by atoms with E-state index >= 15 is 0 Å². The molecule has 0 saturated carbocycles. The number of halogens is 2. The van der Waals surface area contributed by atoms with Crippen LogP contribution in [0.5, 0.6) is 5.75 Å². The second-order valence-electron chi connectivity index (χ2n) is 3.96. The van der Waals surface area contributed by atoms with Gasteiger partial charge in [0, 0.05) is 18.2 Å². The number of nitrogens with two attached hydrogens (primary N) is 1. The largest absolute Gasteiger partial charge is 0.496 e. The number of rotatable bonds is 3. The molecule has 0 radical (unpaired) electrons. The number of hydrogen-bond acceptors (Lipinski definition) is 2. The molecule has 0 heterocycles. The van der Waals surface area contributed by atoms with E-state index in [9.17, 15) is 4.39 Å². The maximum Gasteiger partial charge on any atom is 0.145 e. The minimum atomic E-state index is -0.391. The van der Waals surface area contributed by atoms with Crippen molar-refractivity contribution in [2.45, 2.75) is 6.42 Å². The molecule has 0 aromatic heterocycles. The van der Waals surface area contributed by atoms with E-state index in [-0.39, 0.29) is 5.02 Å². The maximum atomic E-state index is 13.8. The standard InChI is InChI=1S/C14H13ClFNO/c1-18-13-8-11(17)6-5-9(13)7-10-3-2-4-12(15)14(10)16/h2-6,8H,7,17H2,1H3. The molecule has 94 valence electrons. The fourth-order valence-electron chi connectivity index (χ4n) is 1.80. The van der Waals surface area contributed by atoms with Gasteiger partial charge in [-0.15, -0.1) is 0 Å². The summed E-state index contributed by atoms with van der Waals surface area (Å²) in [5, 5.41) is 0.127. The zero-order chi connectivity index (χ0) is 13.1. The number of benzene rings is 2. The summed E-state index contributed by atoms with van der Waals surface area (Å²) >= 11 is 5.75. The van der Waals surface area contributed by atoms with Gasteiger partial charge in [-0.1, -0.05) is 29.8 Å². The van der Waals surface area contributed by atoms with Gasteiger partial charge in [0.05, 0.1) is 12.1 Å². The van der Waals surface area contributed by atoms with Crippen LogP contribution in [0.25, 0.3) is 0 Å². The number of anilines is 1. The Bertz CT molecular complexity index is 572. The topological polar surface area (TPSA) is 35.2 Å². The Balaban J connectivity index is 2.37. The lowest BCUT2D eigenvalue weighted by Crippen LogP contribution is -1.98. The van der Waals surface area contributed by atoms with E-state index < -0.39 is 5.82 Å². The van der Waals surface area contributed by atoms with Gasteiger partial charge in [-0.05, 0) is 23.3 Å². The quantitative estimate of drug-likeness (QED) is 0.860. The molecule has 0 atom stereocenters. The second-order valence-corrected chi connectivity index (χ2v) is 4.37. The van der Waals surface area contributed by atoms with Crippen LogP contribution in [0, 0.1) is 5.82 Å². The van der Waals surface area contributed by atoms with E-state index in [1.807, 2.05) is 6.07 Å². The molecule has 2 N–H and O–H groups in total. The van der Waals surface area contributed by atoms with Crippen LogP contribution in [0.2, 0.25) is 5.02 Å². The first-order valence-corrected chi connectivity index (χ1v) is 5.85. The molecule has 0 unspecified atom stereocenters. The van der Waals surface area contributed by atoms with Crippen molar-refractivity contribution in [2.24, 2.45) is 0 Å². The summed E-state index contributed by atoms with van der Waals surface area (Å²) in [4.78, 5) is 0. The van der Waals surface area contributed by atoms with Crippen LogP contribution in [0.4, 0.5) is 10.1 Å². The first-order chi connectivity index (χ1) is 8.61. The summed E-state index contributed by atoms with van der Waals surface area (Å²) in [5.74, 6) is 0.257. The van der Waals surface area contributed by atoms with Crippen molar-refractivity contribution < 1.29 is 9.13 Å². The van der Waals surface area contributed by atoms with Gasteiger partial charge in [-0.3, -0.25) is 0 Å². The van der Waals surface area contributed by atoms with Gasteiger partial charge in [-0.2, -0.15) is 0 Å². The molecule has 2 nitrogen and oxygen atoms in total. The predicted octanol–water partition coefficient (Wildman–Crippen LogP) is 3.66. The first-order valence-electron chi connectivity index (χ1n) is 5.47. The average Bonchev–Trinajstić information content (AvgIpc) is 2.37. The maximum absolute atomic E-state index is 13.8. The van der Waals surface area contributed by atoms with Crippen LogP contribution in [-0.2, 0) is 6.42 Å². The third kappa shape index (κ3) is 2.57. The van der Waals surface area contributed by atoms with Crippen LogP contribution in [0.15, 0.2) is 36.4 Å². The van der Waals surface area contributed by atoms with Crippen molar-refractivity contribution in [1.82, 2.24) is 0 Å². The Morgan fingerprint density at radius 2 is 2.00 bits per heavy atom. The van der Waals surface area contributed by atoms with Crippen molar-refractivity contribution in [1.29, 1.82) is 0 Å². The summed E-state index contributed by atoms with van der Waals surface area (Å²) in [6.45, 7) is 0. The molecule has 2 aromatic carbocycles. The number of ether oxygens (including phenoxy) is 1. The average molecular weight is 266 g/mol. The van der Waals surface area contributed by atoms with E-state index in [0.717, 1.165) is 5.56 Å². The molecule has 0 aliphatic carbocycles. The van der Waals surface area contributed by atoms with Gasteiger partial charge in [-0.25, -0.2) is 4.39 Å². The summed E-state index contributed by atoms with van der Waals surface area (Å²) in [5.41, 5.74) is 7.69. The molecule has 0 bridgehead atoms. The van der Waals surface area contributed by atoms with Crippen molar-refractivity contribution in [3.05, 3.63) is 58.4 Å². The molecule has 0 spiro atoms. The highest BCUT2D eigenvalue weighted by atomic mass is 35.5. The zero-order valence-corrected chi connectivity index (χ0v) is 10.7. The van der Waals surface area contributed by atoms with Gasteiger partial charge in [0.1, 0.15) is 11.6 Å². The molecule has 0 fully saturated rings. The van der Waals surface area contributed by atoms with Crippen molar-refractivity contribution in [3.8, 4) is 5.75 Å². The minimum Gasteiger partial charge on any atom is -0.496 e. The van der Waals surface area contributed by atoms with Crippen molar-refractivity contribution >= 4 is 17.3 Å². The van der Waals surface area contributed by atoms with Crippen LogP contribution >= 0.6 is 11.6 Å². The summed E-state index contributed by atoms with van der Waals surface area (Å²) in [6.07, 6.45) is 0.413. The highest BCUT2D eigenvalue weighted by Crippen LogP contribution is 2.26. The van der Waals surface area contributed by atoms with Gasteiger partial charge >= 0.3 is 0 Å². The Morgan fingerprint density at radius 1 is 1.22 bits per heavy atom. The molecule has 2 aromatic rings. The molecule has 0 aliphatic heterocycles. The predicted molar refractivity (Wildman–Crippen MR) is 71.6 cm³/mol. The van der Waals surface area contributed by atoms with E-state index in [2.05, 4.69) is 0 Å². The minimum absolute atomic E-state index is 0.127. The lowest BCUT2D eigenvalue weighted by molar-refractivity contribution is 0.410. The fraction of sp³-hybridized carbons (Fsp3) is 0.143. The van der Waals surface area contributed by atoms with E-state index in [1.54, 1.807) is 31.4 Å². The van der Waals surface area contributed by atoms with E-state index in [0.29, 0.717) is 23.4 Å². The Kier molecular flexibility index (Phi) is 3.72. The third-order valence-electron chi connectivity index (χ3n) is 2.72. The highest BCUT2D eigenvalue weighted by molar-refractivity contribution is 6.30. The first kappa shape index (κ1) is 12.7. The van der Waals surface area contributed by atoms with Crippen LogP contribution < -0.4 is 10.5 Å². The lowest BCUT2D eigenvalue weighted by Gasteiger charge is -2.10. The fourth-order valence-corrected chi connectivity index (χ4v) is 1.99. The molecular weight excluding hydrogens is 253 g/mol. The Labute approximate surface area is 110 Å². The molecule has 0 saturated heterocycles. The van der Waals surface area contributed by atoms with Crippen molar-refractivity contribution in [2.75, 3.05) is 12.8 Å². The summed E-state index contributed by atoms with van der Waals surface area (Å²) in [6, 6.07) is 10.3. The zero-order valence-electron chi connectivity index (χ0n) is 9.91. The highest BCUT2D eigenvalue weighted by Gasteiger charge is 2.10. The number of methoxy groups -OCH3 is 1. The lowest BCUT2D eigenvalue weighted by atomic mass is 10.0. The second kappa shape index (κ2) is 5.27. The Hall–Kier alpha value is -1.74. The Morgan fingerprint density at radius 3 is 2.72 bits per heavy atom. The smallest absolute Gasteiger partial charge is 0.145 e. The summed E-state index contributed by atoms with van der Waals surface area (Å²) < 4.78 is 19.0. The van der Waals surface area contributed by atoms with Crippen LogP contribution in [-0.4, -0.2) is 7.11 Å². The molecule has 4 heteroatoms. The number of hydrogen-bond donors (Lipinski definition) is 1. The van der Waals surface area contributed by atoms with E-state index in [1.165, 1.54) is 6.07 Å². The normalized spacial score (nSPS) is 10.4. The van der Waals surface area contributed by atoms with Crippen LogP contribution in [0.1, 0.15) is 11.1 Å². The van der Waals surface area contributed by atoms with Gasteiger partial charge < -0.3 is 10.5 Å². The third-order valence-corrected chi connectivity index (χ3v) is 3.02. The molecule has 0 aliphatic rings. The van der Waals surface area contributed by atoms with Crippen LogP contribution in [0.3, 0.4) is 0 Å².